The predicted molar refractivity (Wildman–Crippen MR) is 99.2 cm³/mol. The highest BCUT2D eigenvalue weighted by Gasteiger charge is 2.32. The lowest BCUT2D eigenvalue weighted by Gasteiger charge is -2.28. The van der Waals surface area contributed by atoms with Crippen molar-refractivity contribution in [1.82, 2.24) is 10.6 Å². The van der Waals surface area contributed by atoms with Crippen molar-refractivity contribution in [2.24, 2.45) is 0 Å². The fourth-order valence-corrected chi connectivity index (χ4v) is 3.27. The number of nitrogens with one attached hydrogen (secondary N) is 2. The maximum absolute atomic E-state index is 12.3. The number of hydrogen-bond acceptors (Lipinski definition) is 7. The molecule has 0 fully saturated rings. The molecule has 2 amide bonds. The number of carbonyl (C=O) groups excluding carboxylic acids is 3. The molecule has 0 bridgehead atoms. The molecule has 0 saturated heterocycles. The second kappa shape index (κ2) is 8.87. The summed E-state index contributed by atoms with van der Waals surface area (Å²) in [6.07, 6.45) is 1.51. The maximum atomic E-state index is 12.3. The molecule has 10 heteroatoms. The van der Waals surface area contributed by atoms with Crippen LogP contribution in [0.3, 0.4) is 0 Å². The number of urea groups is 1. The van der Waals surface area contributed by atoms with Gasteiger partial charge in [-0.25, -0.2) is 22.8 Å². The zero-order chi connectivity index (χ0) is 20.9. The Labute approximate surface area is 163 Å². The van der Waals surface area contributed by atoms with E-state index in [1.54, 1.807) is 13.8 Å². The number of ether oxygens (including phenoxy) is 2. The molecule has 9 nitrogen and oxygen atoms in total. The van der Waals surface area contributed by atoms with E-state index < -0.39 is 33.8 Å². The first-order valence-electron chi connectivity index (χ1n) is 8.62. The summed E-state index contributed by atoms with van der Waals surface area (Å²) in [4.78, 5) is 36.4. The normalized spacial score (nSPS) is 16.8. The molecule has 152 valence electrons. The molecule has 0 aromatic heterocycles. The first-order chi connectivity index (χ1) is 13.2. The lowest BCUT2D eigenvalue weighted by Crippen LogP contribution is -2.51. The molecule has 0 saturated carbocycles. The topological polar surface area (TPSA) is 128 Å². The standard InChI is InChI=1S/C18H22N2O7S/c1-4-13-15(17(22)26-5-2)14(20-18(23)19-13)10-27-16(21)11-6-8-12(9-7-11)28(3,24)25/h6-9,13H,4-5,10H2,1-3H3,(H2,19,20,23)/t13-/m1/s1. The van der Waals surface area contributed by atoms with Crippen molar-refractivity contribution < 1.29 is 32.3 Å². The summed E-state index contributed by atoms with van der Waals surface area (Å²) in [5.41, 5.74) is 0.484. The third-order valence-electron chi connectivity index (χ3n) is 4.01. The molecule has 0 radical (unpaired) electrons. The van der Waals surface area contributed by atoms with Crippen molar-refractivity contribution in [3.63, 3.8) is 0 Å². The van der Waals surface area contributed by atoms with Crippen molar-refractivity contribution in [3.8, 4) is 0 Å². The Hall–Kier alpha value is -2.88. The summed E-state index contributed by atoms with van der Waals surface area (Å²) in [5, 5.41) is 5.10. The molecule has 0 unspecified atom stereocenters. The molecule has 1 aromatic carbocycles. The molecule has 1 atom stereocenters. The third kappa shape index (κ3) is 5.10. The van der Waals surface area contributed by atoms with Gasteiger partial charge in [0.15, 0.2) is 9.84 Å². The van der Waals surface area contributed by atoms with Crippen LogP contribution in [0.1, 0.15) is 30.6 Å². The van der Waals surface area contributed by atoms with Crippen LogP contribution in [0.2, 0.25) is 0 Å². The van der Waals surface area contributed by atoms with Gasteiger partial charge >= 0.3 is 18.0 Å². The predicted octanol–water partition coefficient (Wildman–Crippen LogP) is 1.16. The average molecular weight is 410 g/mol. The van der Waals surface area contributed by atoms with Gasteiger partial charge in [-0.05, 0) is 37.6 Å². The Kier molecular flexibility index (Phi) is 6.79. The molecular formula is C18H22N2O7S. The highest BCUT2D eigenvalue weighted by molar-refractivity contribution is 7.90. The highest BCUT2D eigenvalue weighted by atomic mass is 32.2. The summed E-state index contributed by atoms with van der Waals surface area (Å²) in [7, 11) is -3.38. The minimum absolute atomic E-state index is 0.0766. The van der Waals surface area contributed by atoms with Crippen LogP contribution in [0, 0.1) is 0 Å². The number of hydrogen-bond donors (Lipinski definition) is 2. The Morgan fingerprint density at radius 3 is 2.25 bits per heavy atom. The fourth-order valence-electron chi connectivity index (χ4n) is 2.63. The second-order valence-corrected chi connectivity index (χ2v) is 8.06. The van der Waals surface area contributed by atoms with Gasteiger partial charge in [0.2, 0.25) is 0 Å². The molecular weight excluding hydrogens is 388 g/mol. The van der Waals surface area contributed by atoms with Gasteiger partial charge in [0.1, 0.15) is 6.61 Å². The van der Waals surface area contributed by atoms with Crippen LogP contribution in [-0.2, 0) is 24.1 Å². The van der Waals surface area contributed by atoms with E-state index in [9.17, 15) is 22.8 Å². The Balaban J connectivity index is 2.20. The van der Waals surface area contributed by atoms with E-state index in [4.69, 9.17) is 9.47 Å². The van der Waals surface area contributed by atoms with E-state index in [0.717, 1.165) is 6.26 Å². The Morgan fingerprint density at radius 2 is 1.71 bits per heavy atom. The second-order valence-electron chi connectivity index (χ2n) is 6.04. The fraction of sp³-hybridized carbons (Fsp3) is 0.389. The van der Waals surface area contributed by atoms with Crippen molar-refractivity contribution in [3.05, 3.63) is 41.1 Å². The highest BCUT2D eigenvalue weighted by Crippen LogP contribution is 2.18. The van der Waals surface area contributed by atoms with Crippen LogP contribution in [0.15, 0.2) is 40.4 Å². The van der Waals surface area contributed by atoms with Crippen molar-refractivity contribution in [1.29, 1.82) is 0 Å². The first-order valence-corrected chi connectivity index (χ1v) is 10.5. The van der Waals surface area contributed by atoms with Gasteiger partial charge in [-0.15, -0.1) is 0 Å². The summed E-state index contributed by atoms with van der Waals surface area (Å²) < 4.78 is 33.2. The number of rotatable bonds is 7. The van der Waals surface area contributed by atoms with Gasteiger partial charge in [0, 0.05) is 6.26 Å². The largest absolute Gasteiger partial charge is 0.463 e. The van der Waals surface area contributed by atoms with Crippen LogP contribution < -0.4 is 10.6 Å². The zero-order valence-electron chi connectivity index (χ0n) is 15.8. The quantitative estimate of drug-likeness (QED) is 0.646. The van der Waals surface area contributed by atoms with Gasteiger partial charge < -0.3 is 20.1 Å². The zero-order valence-corrected chi connectivity index (χ0v) is 16.6. The van der Waals surface area contributed by atoms with Crippen molar-refractivity contribution in [2.75, 3.05) is 19.5 Å². The molecule has 1 aromatic rings. The molecule has 1 heterocycles. The van der Waals surface area contributed by atoms with Crippen LogP contribution in [-0.4, -0.2) is 51.9 Å². The van der Waals surface area contributed by atoms with E-state index in [-0.39, 0.29) is 34.9 Å². The van der Waals surface area contributed by atoms with Crippen LogP contribution in [0.5, 0.6) is 0 Å². The third-order valence-corrected chi connectivity index (χ3v) is 5.14. The molecule has 0 aliphatic carbocycles. The molecule has 2 N–H and O–H groups in total. The number of carbonyl (C=O) groups is 3. The number of esters is 2. The first kappa shape index (κ1) is 21.4. The van der Waals surface area contributed by atoms with Gasteiger partial charge in [0.05, 0.1) is 34.4 Å². The van der Waals surface area contributed by atoms with Gasteiger partial charge in [-0.2, -0.15) is 0 Å². The molecule has 28 heavy (non-hydrogen) atoms. The van der Waals surface area contributed by atoms with E-state index in [1.807, 2.05) is 0 Å². The maximum Gasteiger partial charge on any atom is 0.338 e. The monoisotopic (exact) mass is 410 g/mol. The van der Waals surface area contributed by atoms with Gasteiger partial charge in [-0.1, -0.05) is 6.92 Å². The Bertz CT molecular complexity index is 904. The number of sulfone groups is 1. The summed E-state index contributed by atoms with van der Waals surface area (Å²) in [5.74, 6) is -1.33. The lowest BCUT2D eigenvalue weighted by molar-refractivity contribution is -0.139. The van der Waals surface area contributed by atoms with E-state index >= 15 is 0 Å². The van der Waals surface area contributed by atoms with E-state index in [0.29, 0.717) is 6.42 Å². The molecule has 1 aliphatic heterocycles. The van der Waals surface area contributed by atoms with Crippen LogP contribution in [0.4, 0.5) is 4.79 Å². The smallest absolute Gasteiger partial charge is 0.338 e. The van der Waals surface area contributed by atoms with E-state index in [2.05, 4.69) is 10.6 Å². The minimum atomic E-state index is -3.38. The molecule has 0 spiro atoms. The summed E-state index contributed by atoms with van der Waals surface area (Å²) in [6.45, 7) is 3.27. The number of amides is 2. The SMILES string of the molecule is CCOC(=O)C1=C(COC(=O)c2ccc(S(C)(=O)=O)cc2)NC(=O)N[C@@H]1CC. The van der Waals surface area contributed by atoms with Crippen molar-refractivity contribution >= 4 is 27.8 Å². The van der Waals surface area contributed by atoms with Crippen LogP contribution in [0.25, 0.3) is 0 Å². The van der Waals surface area contributed by atoms with Gasteiger partial charge in [0.25, 0.3) is 0 Å². The van der Waals surface area contributed by atoms with E-state index in [1.165, 1.54) is 24.3 Å². The lowest BCUT2D eigenvalue weighted by atomic mass is 10.0. The minimum Gasteiger partial charge on any atom is -0.463 e. The van der Waals surface area contributed by atoms with Crippen molar-refractivity contribution in [2.45, 2.75) is 31.2 Å². The average Bonchev–Trinajstić information content (AvgIpc) is 2.65. The number of benzene rings is 1. The molecule has 2 rings (SSSR count). The summed E-state index contributed by atoms with van der Waals surface area (Å²) in [6, 6.07) is 4.19. The Morgan fingerprint density at radius 1 is 1.07 bits per heavy atom. The summed E-state index contributed by atoms with van der Waals surface area (Å²) >= 11 is 0. The van der Waals surface area contributed by atoms with Gasteiger partial charge in [-0.3, -0.25) is 0 Å². The molecule has 1 aliphatic rings. The van der Waals surface area contributed by atoms with Crippen LogP contribution >= 0.6 is 0 Å².